The number of aromatic nitrogens is 2. The Morgan fingerprint density at radius 1 is 1.39 bits per heavy atom. The molecule has 0 atom stereocenters. The molecule has 1 heterocycles. The van der Waals surface area contributed by atoms with E-state index in [2.05, 4.69) is 15.3 Å². The molecule has 0 radical (unpaired) electrons. The van der Waals surface area contributed by atoms with Gasteiger partial charge in [0.1, 0.15) is 5.69 Å². The van der Waals surface area contributed by atoms with Crippen molar-refractivity contribution in [2.24, 2.45) is 0 Å². The second kappa shape index (κ2) is 4.92. The number of anilines is 2. The quantitative estimate of drug-likeness (QED) is 0.526. The monoisotopic (exact) mass is 268 g/mol. The molecule has 2 aromatic rings. The Hall–Kier alpha value is -2.28. The summed E-state index contributed by atoms with van der Waals surface area (Å²) < 4.78 is 13.4. The number of hydrogen-bond donors (Lipinski definition) is 1. The first-order valence-corrected chi connectivity index (χ1v) is 5.14. The molecule has 0 bridgehead atoms. The molecule has 0 aliphatic heterocycles. The minimum absolute atomic E-state index is 0.121. The Morgan fingerprint density at radius 2 is 2.11 bits per heavy atom. The fourth-order valence-corrected chi connectivity index (χ4v) is 1.43. The van der Waals surface area contributed by atoms with Gasteiger partial charge in [0.15, 0.2) is 11.6 Å². The van der Waals surface area contributed by atoms with E-state index in [0.29, 0.717) is 0 Å². The minimum atomic E-state index is -0.752. The molecule has 0 amide bonds. The zero-order chi connectivity index (χ0) is 13.1. The van der Waals surface area contributed by atoms with Gasteiger partial charge < -0.3 is 5.32 Å². The van der Waals surface area contributed by atoms with E-state index < -0.39 is 10.7 Å². The van der Waals surface area contributed by atoms with Gasteiger partial charge in [-0.3, -0.25) is 10.1 Å². The van der Waals surface area contributed by atoms with E-state index in [4.69, 9.17) is 11.6 Å². The Kier molecular flexibility index (Phi) is 3.33. The van der Waals surface area contributed by atoms with Gasteiger partial charge in [-0.2, -0.15) is 4.98 Å². The lowest BCUT2D eigenvalue weighted by Crippen LogP contribution is -2.01. The normalized spacial score (nSPS) is 10.1. The number of nitro benzene ring substituents is 1. The maximum atomic E-state index is 13.4. The van der Waals surface area contributed by atoms with Crippen LogP contribution in [-0.2, 0) is 0 Å². The molecule has 1 aromatic carbocycles. The van der Waals surface area contributed by atoms with Gasteiger partial charge in [-0.15, -0.1) is 0 Å². The van der Waals surface area contributed by atoms with Gasteiger partial charge in [0.2, 0.25) is 5.28 Å². The summed E-state index contributed by atoms with van der Waals surface area (Å²) in [7, 11) is 0. The second-order valence-electron chi connectivity index (χ2n) is 3.23. The predicted octanol–water partition coefficient (Wildman–Crippen LogP) is 2.92. The molecule has 0 fully saturated rings. The van der Waals surface area contributed by atoms with Gasteiger partial charge >= 0.3 is 0 Å². The Labute approximate surface area is 106 Å². The third-order valence-electron chi connectivity index (χ3n) is 2.07. The summed E-state index contributed by atoms with van der Waals surface area (Å²) in [5, 5.41) is 13.1. The van der Waals surface area contributed by atoms with E-state index >= 15 is 0 Å². The number of rotatable bonds is 3. The first-order chi connectivity index (χ1) is 8.58. The van der Waals surface area contributed by atoms with Crippen molar-refractivity contribution >= 4 is 28.8 Å². The second-order valence-corrected chi connectivity index (χ2v) is 3.57. The van der Waals surface area contributed by atoms with Crippen LogP contribution in [0.4, 0.5) is 21.6 Å². The van der Waals surface area contributed by atoms with Crippen molar-refractivity contribution in [1.82, 2.24) is 9.97 Å². The fraction of sp³-hybridized carbons (Fsp3) is 0. The zero-order valence-electron chi connectivity index (χ0n) is 8.80. The lowest BCUT2D eigenvalue weighted by atomic mass is 10.2. The summed E-state index contributed by atoms with van der Waals surface area (Å²) in [4.78, 5) is 17.3. The van der Waals surface area contributed by atoms with Crippen LogP contribution in [0, 0.1) is 15.9 Å². The zero-order valence-corrected chi connectivity index (χ0v) is 9.56. The number of hydrogen-bond acceptors (Lipinski definition) is 5. The van der Waals surface area contributed by atoms with Gasteiger partial charge in [0.05, 0.1) is 11.1 Å². The predicted molar refractivity (Wildman–Crippen MR) is 63.4 cm³/mol. The van der Waals surface area contributed by atoms with Gasteiger partial charge in [0.25, 0.3) is 5.69 Å². The molecule has 0 aliphatic carbocycles. The molecule has 6 nitrogen and oxygen atoms in total. The molecule has 0 unspecified atom stereocenters. The molecular formula is C10H6ClFN4O2. The van der Waals surface area contributed by atoms with E-state index in [0.717, 1.165) is 6.20 Å². The molecule has 8 heteroatoms. The third-order valence-corrected chi connectivity index (χ3v) is 2.25. The van der Waals surface area contributed by atoms with Gasteiger partial charge in [-0.05, 0) is 17.7 Å². The first-order valence-electron chi connectivity index (χ1n) is 4.76. The van der Waals surface area contributed by atoms with Crippen LogP contribution in [0.25, 0.3) is 0 Å². The topological polar surface area (TPSA) is 81.0 Å². The number of nitrogens with one attached hydrogen (secondary N) is 1. The fourth-order valence-electron chi connectivity index (χ4n) is 1.30. The van der Waals surface area contributed by atoms with Crippen molar-refractivity contribution in [2.45, 2.75) is 0 Å². The van der Waals surface area contributed by atoms with Crippen molar-refractivity contribution < 1.29 is 9.31 Å². The van der Waals surface area contributed by atoms with Crippen molar-refractivity contribution in [3.8, 4) is 0 Å². The summed E-state index contributed by atoms with van der Waals surface area (Å²) in [6.45, 7) is 0. The van der Waals surface area contributed by atoms with E-state index in [9.17, 15) is 14.5 Å². The maximum absolute atomic E-state index is 13.4. The number of nitrogens with zero attached hydrogens (tertiary/aromatic N) is 3. The molecular weight excluding hydrogens is 263 g/mol. The number of para-hydroxylation sites is 2. The van der Waals surface area contributed by atoms with Gasteiger partial charge in [-0.1, -0.05) is 12.1 Å². The van der Waals surface area contributed by atoms with Crippen molar-refractivity contribution in [2.75, 3.05) is 5.32 Å². The number of benzene rings is 1. The highest BCUT2D eigenvalue weighted by Gasteiger charge is 2.15. The summed E-state index contributed by atoms with van der Waals surface area (Å²) in [5.41, 5.74) is -0.0669. The average molecular weight is 269 g/mol. The minimum Gasteiger partial charge on any atom is -0.332 e. The highest BCUT2D eigenvalue weighted by Crippen LogP contribution is 2.27. The molecule has 0 saturated heterocycles. The number of nitro groups is 1. The van der Waals surface area contributed by atoms with E-state index in [-0.39, 0.29) is 22.5 Å². The molecule has 92 valence electrons. The smallest absolute Gasteiger partial charge is 0.292 e. The summed E-state index contributed by atoms with van der Waals surface area (Å²) in [6, 6.07) is 5.82. The van der Waals surface area contributed by atoms with Crippen molar-refractivity contribution in [3.05, 3.63) is 51.7 Å². The van der Waals surface area contributed by atoms with Crippen LogP contribution in [0.2, 0.25) is 5.28 Å². The van der Waals surface area contributed by atoms with E-state index in [1.165, 1.54) is 18.2 Å². The highest BCUT2D eigenvalue weighted by molar-refractivity contribution is 6.28. The summed E-state index contributed by atoms with van der Waals surface area (Å²) >= 11 is 5.52. The molecule has 18 heavy (non-hydrogen) atoms. The summed E-state index contributed by atoms with van der Waals surface area (Å²) in [5.74, 6) is -0.971. The van der Waals surface area contributed by atoms with Crippen LogP contribution in [-0.4, -0.2) is 14.9 Å². The molecule has 1 N–H and O–H groups in total. The van der Waals surface area contributed by atoms with Gasteiger partial charge in [-0.25, -0.2) is 9.37 Å². The molecule has 0 aliphatic rings. The van der Waals surface area contributed by atoms with Crippen LogP contribution in [0.5, 0.6) is 0 Å². The van der Waals surface area contributed by atoms with Gasteiger partial charge in [0, 0.05) is 6.07 Å². The van der Waals surface area contributed by atoms with E-state index in [1.807, 2.05) is 0 Å². The largest absolute Gasteiger partial charge is 0.332 e. The third kappa shape index (κ3) is 2.51. The summed E-state index contributed by atoms with van der Waals surface area (Å²) in [6.07, 6.45) is 0.881. The maximum Gasteiger partial charge on any atom is 0.292 e. The Bertz CT molecular complexity index is 608. The lowest BCUT2D eigenvalue weighted by Gasteiger charge is -2.06. The van der Waals surface area contributed by atoms with Crippen LogP contribution >= 0.6 is 11.6 Å². The lowest BCUT2D eigenvalue weighted by molar-refractivity contribution is -0.383. The molecule has 0 saturated carbocycles. The number of halogens is 2. The van der Waals surface area contributed by atoms with E-state index in [1.54, 1.807) is 6.07 Å². The van der Waals surface area contributed by atoms with Crippen LogP contribution < -0.4 is 5.32 Å². The van der Waals surface area contributed by atoms with Crippen LogP contribution in [0.15, 0.2) is 30.5 Å². The molecule has 0 spiro atoms. The van der Waals surface area contributed by atoms with Crippen LogP contribution in [0.1, 0.15) is 0 Å². The van der Waals surface area contributed by atoms with Crippen molar-refractivity contribution in [1.29, 1.82) is 0 Å². The standard InChI is InChI=1S/C10H6ClFN4O2/c11-10-13-5-6(12)9(15-10)14-7-3-1-2-4-8(7)16(17)18/h1-5H,(H,13,14,15). The van der Waals surface area contributed by atoms with Crippen molar-refractivity contribution in [3.63, 3.8) is 0 Å². The Balaban J connectivity index is 2.40. The Morgan fingerprint density at radius 3 is 2.83 bits per heavy atom. The molecule has 2 rings (SSSR count). The average Bonchev–Trinajstić information content (AvgIpc) is 2.34. The molecule has 1 aromatic heterocycles. The first kappa shape index (κ1) is 12.2. The van der Waals surface area contributed by atoms with Crippen LogP contribution in [0.3, 0.4) is 0 Å². The SMILES string of the molecule is O=[N+]([O-])c1ccccc1Nc1nc(Cl)ncc1F. The highest BCUT2D eigenvalue weighted by atomic mass is 35.5.